The predicted octanol–water partition coefficient (Wildman–Crippen LogP) is 3.27. The van der Waals surface area contributed by atoms with Crippen LogP contribution in [-0.2, 0) is 17.6 Å². The van der Waals surface area contributed by atoms with E-state index in [9.17, 15) is 14.3 Å². The molecule has 0 saturated carbocycles. The molecule has 1 aromatic heterocycles. The molecular weight excluding hydrogens is 369 g/mol. The zero-order valence-corrected chi connectivity index (χ0v) is 16.0. The number of hydrogen-bond donors (Lipinski definition) is 3. The normalized spacial score (nSPS) is 11.8. The van der Waals surface area contributed by atoms with Gasteiger partial charge in [-0.2, -0.15) is 0 Å². The minimum absolute atomic E-state index is 0.110. The Morgan fingerprint density at radius 2 is 1.83 bits per heavy atom. The van der Waals surface area contributed by atoms with Gasteiger partial charge in [0.25, 0.3) is 0 Å². The first-order chi connectivity index (χ1) is 14.1. The lowest BCUT2D eigenvalue weighted by Gasteiger charge is -2.12. The first-order valence-corrected chi connectivity index (χ1v) is 9.53. The maximum Gasteiger partial charge on any atom is 0.230 e. The lowest BCUT2D eigenvalue weighted by atomic mass is 10.1. The number of carbonyl (C=O) groups is 1. The summed E-state index contributed by atoms with van der Waals surface area (Å²) in [6.07, 6.45) is 1.96. The van der Waals surface area contributed by atoms with Crippen molar-refractivity contribution in [2.45, 2.75) is 18.9 Å². The van der Waals surface area contributed by atoms with E-state index in [1.807, 2.05) is 42.5 Å². The molecule has 0 saturated heterocycles. The van der Waals surface area contributed by atoms with Gasteiger partial charge in [0, 0.05) is 24.1 Å². The Kier molecular flexibility index (Phi) is 7.44. The van der Waals surface area contributed by atoms with Crippen molar-refractivity contribution in [1.82, 2.24) is 10.3 Å². The molecule has 1 heterocycles. The van der Waals surface area contributed by atoms with Gasteiger partial charge in [-0.25, -0.2) is 4.39 Å². The summed E-state index contributed by atoms with van der Waals surface area (Å²) >= 11 is 0. The highest BCUT2D eigenvalue weighted by molar-refractivity contribution is 5.91. The molecule has 5 nitrogen and oxygen atoms in total. The third-order valence-electron chi connectivity index (χ3n) is 4.46. The van der Waals surface area contributed by atoms with Gasteiger partial charge in [-0.15, -0.1) is 0 Å². The molecule has 6 heteroatoms. The number of aromatic nitrogens is 1. The Morgan fingerprint density at radius 1 is 1.07 bits per heavy atom. The minimum Gasteiger partial charge on any atom is -0.387 e. The Bertz CT molecular complexity index is 917. The van der Waals surface area contributed by atoms with Crippen molar-refractivity contribution >= 4 is 11.6 Å². The van der Waals surface area contributed by atoms with Crippen LogP contribution in [0.15, 0.2) is 72.9 Å². The highest BCUT2D eigenvalue weighted by atomic mass is 19.1. The fourth-order valence-corrected chi connectivity index (χ4v) is 2.95. The van der Waals surface area contributed by atoms with E-state index in [1.165, 1.54) is 12.1 Å². The summed E-state index contributed by atoms with van der Waals surface area (Å²) in [6.45, 7) is 1.04. The van der Waals surface area contributed by atoms with Gasteiger partial charge in [0.05, 0.1) is 12.5 Å². The standard InChI is InChI=1S/C23H24FN3O2/c24-19-8-6-18(7-9-19)22(28)16-25-12-10-17-11-13-26-21(14-17)15-23(29)27-20-4-2-1-3-5-20/h1-9,11,13-14,22,25,28H,10,12,15-16H2,(H,27,29). The van der Waals surface area contributed by atoms with Gasteiger partial charge in [0.15, 0.2) is 0 Å². The summed E-state index contributed by atoms with van der Waals surface area (Å²) in [7, 11) is 0. The summed E-state index contributed by atoms with van der Waals surface area (Å²) in [6, 6.07) is 19.0. The fourth-order valence-electron chi connectivity index (χ4n) is 2.95. The number of hydrogen-bond acceptors (Lipinski definition) is 4. The maximum atomic E-state index is 12.9. The second-order valence-corrected chi connectivity index (χ2v) is 6.77. The van der Waals surface area contributed by atoms with Crippen molar-refractivity contribution in [2.24, 2.45) is 0 Å². The Hall–Kier alpha value is -3.09. The highest BCUT2D eigenvalue weighted by Gasteiger charge is 2.08. The van der Waals surface area contributed by atoms with Gasteiger partial charge >= 0.3 is 0 Å². The van der Waals surface area contributed by atoms with Crippen LogP contribution in [0.1, 0.15) is 22.9 Å². The third kappa shape index (κ3) is 6.78. The molecular formula is C23H24FN3O2. The van der Waals surface area contributed by atoms with E-state index >= 15 is 0 Å². The number of amides is 1. The van der Waals surface area contributed by atoms with E-state index in [-0.39, 0.29) is 18.1 Å². The second-order valence-electron chi connectivity index (χ2n) is 6.77. The number of halogens is 1. The molecule has 150 valence electrons. The second kappa shape index (κ2) is 10.5. The fraction of sp³-hybridized carbons (Fsp3) is 0.217. The third-order valence-corrected chi connectivity index (χ3v) is 4.46. The minimum atomic E-state index is -0.690. The smallest absolute Gasteiger partial charge is 0.230 e. The number of rotatable bonds is 9. The number of nitrogens with zero attached hydrogens (tertiary/aromatic N) is 1. The van der Waals surface area contributed by atoms with Crippen molar-refractivity contribution in [3.8, 4) is 0 Å². The zero-order chi connectivity index (χ0) is 20.5. The van der Waals surface area contributed by atoms with Crippen LogP contribution in [0.4, 0.5) is 10.1 Å². The van der Waals surface area contributed by atoms with Gasteiger partial charge in [-0.05, 0) is 60.5 Å². The van der Waals surface area contributed by atoms with E-state index in [4.69, 9.17) is 0 Å². The molecule has 0 fully saturated rings. The SMILES string of the molecule is O=C(Cc1cc(CCNCC(O)c2ccc(F)cc2)ccn1)Nc1ccccc1. The molecule has 0 bridgehead atoms. The molecule has 3 aromatic rings. The summed E-state index contributed by atoms with van der Waals surface area (Å²) in [5.41, 5.74) is 3.21. The molecule has 3 N–H and O–H groups in total. The maximum absolute atomic E-state index is 12.9. The predicted molar refractivity (Wildman–Crippen MR) is 111 cm³/mol. The summed E-state index contributed by atoms with van der Waals surface area (Å²) < 4.78 is 12.9. The molecule has 2 aromatic carbocycles. The number of carbonyl (C=O) groups excluding carboxylic acids is 1. The Morgan fingerprint density at radius 3 is 2.59 bits per heavy atom. The number of benzene rings is 2. The number of aliphatic hydroxyl groups is 1. The van der Waals surface area contributed by atoms with E-state index < -0.39 is 6.10 Å². The summed E-state index contributed by atoms with van der Waals surface area (Å²) in [4.78, 5) is 16.4. The van der Waals surface area contributed by atoms with E-state index in [0.29, 0.717) is 24.3 Å². The number of para-hydroxylation sites is 1. The summed E-state index contributed by atoms with van der Waals surface area (Å²) in [5, 5.41) is 16.2. The number of anilines is 1. The van der Waals surface area contributed by atoms with Crippen LogP contribution in [0.5, 0.6) is 0 Å². The van der Waals surface area contributed by atoms with Crippen molar-refractivity contribution in [3.05, 3.63) is 95.6 Å². The largest absolute Gasteiger partial charge is 0.387 e. The van der Waals surface area contributed by atoms with Crippen LogP contribution >= 0.6 is 0 Å². The van der Waals surface area contributed by atoms with Crippen LogP contribution in [0.3, 0.4) is 0 Å². The quantitative estimate of drug-likeness (QED) is 0.488. The molecule has 0 aliphatic carbocycles. The molecule has 3 rings (SSSR count). The van der Waals surface area contributed by atoms with E-state index in [2.05, 4.69) is 15.6 Å². The first kappa shape index (κ1) is 20.6. The average Bonchev–Trinajstić information content (AvgIpc) is 2.72. The molecule has 1 amide bonds. The summed E-state index contributed by atoms with van der Waals surface area (Å²) in [5.74, 6) is -0.429. The van der Waals surface area contributed by atoms with Crippen molar-refractivity contribution in [3.63, 3.8) is 0 Å². The lowest BCUT2D eigenvalue weighted by molar-refractivity contribution is -0.115. The van der Waals surface area contributed by atoms with E-state index in [0.717, 1.165) is 17.7 Å². The monoisotopic (exact) mass is 393 g/mol. The van der Waals surface area contributed by atoms with Crippen LogP contribution in [0, 0.1) is 5.82 Å². The molecule has 0 aliphatic heterocycles. The molecule has 1 unspecified atom stereocenters. The van der Waals surface area contributed by atoms with Crippen molar-refractivity contribution < 1.29 is 14.3 Å². The molecule has 29 heavy (non-hydrogen) atoms. The average molecular weight is 393 g/mol. The van der Waals surface area contributed by atoms with Gasteiger partial charge < -0.3 is 15.7 Å². The van der Waals surface area contributed by atoms with Crippen LogP contribution in [-0.4, -0.2) is 29.1 Å². The topological polar surface area (TPSA) is 74.2 Å². The molecule has 0 radical (unpaired) electrons. The molecule has 0 spiro atoms. The zero-order valence-electron chi connectivity index (χ0n) is 16.0. The first-order valence-electron chi connectivity index (χ1n) is 9.53. The highest BCUT2D eigenvalue weighted by Crippen LogP contribution is 2.12. The Labute approximate surface area is 169 Å². The van der Waals surface area contributed by atoms with Crippen molar-refractivity contribution in [1.29, 1.82) is 0 Å². The van der Waals surface area contributed by atoms with Gasteiger partial charge in [0.2, 0.25) is 5.91 Å². The number of aliphatic hydroxyl groups excluding tert-OH is 1. The number of nitrogens with one attached hydrogen (secondary N) is 2. The van der Waals surface area contributed by atoms with E-state index in [1.54, 1.807) is 18.3 Å². The Balaban J connectivity index is 1.43. The van der Waals surface area contributed by atoms with Crippen molar-refractivity contribution in [2.75, 3.05) is 18.4 Å². The van der Waals surface area contributed by atoms with Crippen LogP contribution in [0.25, 0.3) is 0 Å². The van der Waals surface area contributed by atoms with Gasteiger partial charge in [0.1, 0.15) is 5.82 Å². The van der Waals surface area contributed by atoms with Gasteiger partial charge in [-0.1, -0.05) is 30.3 Å². The molecule has 1 atom stereocenters. The van der Waals surface area contributed by atoms with Crippen LogP contribution < -0.4 is 10.6 Å². The lowest BCUT2D eigenvalue weighted by Crippen LogP contribution is -2.23. The molecule has 0 aliphatic rings. The van der Waals surface area contributed by atoms with Gasteiger partial charge in [-0.3, -0.25) is 9.78 Å². The number of pyridine rings is 1. The van der Waals surface area contributed by atoms with Crippen LogP contribution in [0.2, 0.25) is 0 Å².